The van der Waals surface area contributed by atoms with Gasteiger partial charge >= 0.3 is 0 Å². The van der Waals surface area contributed by atoms with Gasteiger partial charge in [0.15, 0.2) is 11.5 Å². The number of nitrogens with zero attached hydrogens (tertiary/aromatic N) is 2. The minimum Gasteiger partial charge on any atom is -0.486 e. The number of benzene rings is 3. The summed E-state index contributed by atoms with van der Waals surface area (Å²) in [5, 5.41) is 2.84. The average Bonchev–Trinajstić information content (AvgIpc) is 2.96. The lowest BCUT2D eigenvalue weighted by molar-refractivity contribution is -0.140. The molecule has 3 aromatic rings. The van der Waals surface area contributed by atoms with Crippen molar-refractivity contribution >= 4 is 27.5 Å². The summed E-state index contributed by atoms with van der Waals surface area (Å²) in [6.45, 7) is 5.45. The van der Waals surface area contributed by atoms with Crippen LogP contribution < -0.4 is 19.1 Å². The number of nitrogens with one attached hydrogen (secondary N) is 1. The molecule has 4 rings (SSSR count). The van der Waals surface area contributed by atoms with Gasteiger partial charge in [-0.25, -0.2) is 12.8 Å². The molecule has 0 aromatic heterocycles. The molecule has 0 radical (unpaired) electrons. The molecule has 9 nitrogen and oxygen atoms in total. The zero-order chi connectivity index (χ0) is 29.6. The van der Waals surface area contributed by atoms with Crippen LogP contribution in [-0.4, -0.2) is 57.0 Å². The van der Waals surface area contributed by atoms with Crippen molar-refractivity contribution in [3.8, 4) is 11.5 Å². The lowest BCUT2D eigenvalue weighted by atomic mass is 10.1. The number of sulfonamides is 1. The molecule has 218 valence electrons. The summed E-state index contributed by atoms with van der Waals surface area (Å²) >= 11 is 0. The summed E-state index contributed by atoms with van der Waals surface area (Å²) in [6, 6.07) is 17.0. The van der Waals surface area contributed by atoms with E-state index in [-0.39, 0.29) is 35.5 Å². The molecular formula is C30H34FN3O6S. The zero-order valence-electron chi connectivity index (χ0n) is 23.2. The van der Waals surface area contributed by atoms with Gasteiger partial charge in [0.25, 0.3) is 10.0 Å². The second kappa shape index (κ2) is 13.0. The number of amides is 2. The van der Waals surface area contributed by atoms with Gasteiger partial charge in [-0.05, 0) is 62.2 Å². The Labute approximate surface area is 239 Å². The highest BCUT2D eigenvalue weighted by atomic mass is 32.2. The number of halogens is 1. The maximum absolute atomic E-state index is 14.1. The van der Waals surface area contributed by atoms with Crippen molar-refractivity contribution in [2.24, 2.45) is 0 Å². The van der Waals surface area contributed by atoms with E-state index in [4.69, 9.17) is 9.47 Å². The predicted octanol–water partition coefficient (Wildman–Crippen LogP) is 4.12. The molecule has 0 bridgehead atoms. The van der Waals surface area contributed by atoms with Crippen molar-refractivity contribution in [2.75, 3.05) is 24.1 Å². The maximum atomic E-state index is 14.1. The normalized spacial score (nSPS) is 13.4. The topological polar surface area (TPSA) is 105 Å². The molecule has 1 aliphatic rings. The summed E-state index contributed by atoms with van der Waals surface area (Å²) in [5.41, 5.74) is 0.792. The summed E-state index contributed by atoms with van der Waals surface area (Å²) in [7, 11) is -4.22. The van der Waals surface area contributed by atoms with Crippen LogP contribution in [0.4, 0.5) is 10.1 Å². The number of anilines is 1. The fraction of sp³-hybridized carbons (Fsp3) is 0.333. The lowest BCUT2D eigenvalue weighted by Crippen LogP contribution is -2.53. The van der Waals surface area contributed by atoms with Gasteiger partial charge in [-0.2, -0.15) is 0 Å². The first-order valence-electron chi connectivity index (χ1n) is 13.4. The van der Waals surface area contributed by atoms with Crippen LogP contribution in [0.15, 0.2) is 77.7 Å². The van der Waals surface area contributed by atoms with E-state index < -0.39 is 34.3 Å². The van der Waals surface area contributed by atoms with E-state index in [2.05, 4.69) is 5.32 Å². The van der Waals surface area contributed by atoms with Crippen LogP contribution in [0.5, 0.6) is 11.5 Å². The van der Waals surface area contributed by atoms with Crippen molar-refractivity contribution in [3.63, 3.8) is 0 Å². The van der Waals surface area contributed by atoms with E-state index in [1.54, 1.807) is 37.3 Å². The van der Waals surface area contributed by atoms with Gasteiger partial charge in [0, 0.05) is 18.7 Å². The third kappa shape index (κ3) is 7.15. The zero-order valence-corrected chi connectivity index (χ0v) is 24.1. The van der Waals surface area contributed by atoms with Crippen LogP contribution >= 0.6 is 0 Å². The third-order valence-electron chi connectivity index (χ3n) is 6.51. The number of rotatable bonds is 11. The smallest absolute Gasteiger partial charge is 0.264 e. The van der Waals surface area contributed by atoms with Crippen LogP contribution in [-0.2, 0) is 26.2 Å². The van der Waals surface area contributed by atoms with Gasteiger partial charge in [0.1, 0.15) is 31.6 Å². The minimum absolute atomic E-state index is 0.00244. The van der Waals surface area contributed by atoms with Crippen LogP contribution in [0.3, 0.4) is 0 Å². The molecule has 0 aliphatic carbocycles. The van der Waals surface area contributed by atoms with Crippen molar-refractivity contribution < 1.29 is 31.9 Å². The summed E-state index contributed by atoms with van der Waals surface area (Å²) in [4.78, 5) is 28.6. The number of fused-ring (bicyclic) bond motifs is 1. The fourth-order valence-electron chi connectivity index (χ4n) is 4.52. The highest BCUT2D eigenvalue weighted by Gasteiger charge is 2.34. The standard InChI is InChI=1S/C30H34FN3O6S/c1-4-26(30(36)32-21(2)3)33(19-22-10-12-23(31)13-11-22)29(35)20-34(41(37,38)25-8-6-5-7-9-25)24-14-15-27-28(18-24)40-17-16-39-27/h5-15,18,21,26H,4,16-17,19-20H2,1-3H3,(H,32,36)/t26-/m0/s1. The predicted molar refractivity (Wildman–Crippen MR) is 153 cm³/mol. The first kappa shape index (κ1) is 29.9. The van der Waals surface area contributed by atoms with Crippen molar-refractivity contribution in [2.45, 2.75) is 50.7 Å². The van der Waals surface area contributed by atoms with Gasteiger partial charge in [-0.1, -0.05) is 37.3 Å². The van der Waals surface area contributed by atoms with E-state index in [1.165, 1.54) is 47.4 Å². The van der Waals surface area contributed by atoms with Crippen LogP contribution in [0.25, 0.3) is 0 Å². The molecule has 0 fully saturated rings. The molecule has 0 saturated heterocycles. The second-order valence-corrected chi connectivity index (χ2v) is 11.8. The van der Waals surface area contributed by atoms with Gasteiger partial charge in [-0.15, -0.1) is 0 Å². The summed E-state index contributed by atoms with van der Waals surface area (Å²) in [6.07, 6.45) is 0.279. The van der Waals surface area contributed by atoms with E-state index >= 15 is 0 Å². The fourth-order valence-corrected chi connectivity index (χ4v) is 5.95. The summed E-state index contributed by atoms with van der Waals surface area (Å²) in [5.74, 6) is -0.572. The molecule has 1 aliphatic heterocycles. The average molecular weight is 584 g/mol. The lowest BCUT2D eigenvalue weighted by Gasteiger charge is -2.33. The third-order valence-corrected chi connectivity index (χ3v) is 8.29. The van der Waals surface area contributed by atoms with E-state index in [1.807, 2.05) is 13.8 Å². The molecular weight excluding hydrogens is 549 g/mol. The molecule has 3 aromatic carbocycles. The Morgan fingerprint density at radius 3 is 2.24 bits per heavy atom. The van der Waals surface area contributed by atoms with Crippen LogP contribution in [0.2, 0.25) is 0 Å². The molecule has 0 spiro atoms. The molecule has 0 unspecified atom stereocenters. The van der Waals surface area contributed by atoms with Gasteiger partial charge in [0.2, 0.25) is 11.8 Å². The van der Waals surface area contributed by atoms with E-state index in [9.17, 15) is 22.4 Å². The van der Waals surface area contributed by atoms with Crippen molar-refractivity contribution in [1.29, 1.82) is 0 Å². The number of carbonyl (C=O) groups excluding carboxylic acids is 2. The van der Waals surface area contributed by atoms with Crippen molar-refractivity contribution in [1.82, 2.24) is 10.2 Å². The van der Waals surface area contributed by atoms with Crippen LogP contribution in [0, 0.1) is 5.82 Å². The molecule has 0 saturated carbocycles. The molecule has 41 heavy (non-hydrogen) atoms. The number of hydrogen-bond acceptors (Lipinski definition) is 6. The number of ether oxygens (including phenoxy) is 2. The first-order chi connectivity index (χ1) is 19.6. The number of hydrogen-bond donors (Lipinski definition) is 1. The summed E-state index contributed by atoms with van der Waals surface area (Å²) < 4.78 is 53.8. The molecule has 2 amide bonds. The van der Waals surface area contributed by atoms with Crippen LogP contribution in [0.1, 0.15) is 32.8 Å². The number of carbonyl (C=O) groups is 2. The Balaban J connectivity index is 1.75. The Morgan fingerprint density at radius 1 is 0.951 bits per heavy atom. The largest absolute Gasteiger partial charge is 0.486 e. The van der Waals surface area contributed by atoms with Crippen molar-refractivity contribution in [3.05, 3.63) is 84.2 Å². The molecule has 1 N–H and O–H groups in total. The SMILES string of the molecule is CC[C@@H](C(=O)NC(C)C)N(Cc1ccc(F)cc1)C(=O)CN(c1ccc2c(c1)OCCO2)S(=O)(=O)c1ccccc1. The molecule has 11 heteroatoms. The van der Waals surface area contributed by atoms with E-state index in [0.29, 0.717) is 30.3 Å². The highest BCUT2D eigenvalue weighted by molar-refractivity contribution is 7.92. The quantitative estimate of drug-likeness (QED) is 0.364. The Kier molecular flexibility index (Phi) is 9.49. The molecule has 1 atom stereocenters. The minimum atomic E-state index is -4.22. The Morgan fingerprint density at radius 2 is 1.61 bits per heavy atom. The van der Waals surface area contributed by atoms with Gasteiger partial charge < -0.3 is 19.7 Å². The van der Waals surface area contributed by atoms with Gasteiger partial charge in [-0.3, -0.25) is 13.9 Å². The Hall–Kier alpha value is -4.12. The Bertz CT molecular complexity index is 1470. The maximum Gasteiger partial charge on any atom is 0.264 e. The van der Waals surface area contributed by atoms with E-state index in [0.717, 1.165) is 4.31 Å². The first-order valence-corrected chi connectivity index (χ1v) is 14.9. The second-order valence-electron chi connectivity index (χ2n) is 9.89. The van der Waals surface area contributed by atoms with Gasteiger partial charge in [0.05, 0.1) is 10.6 Å². The molecule has 1 heterocycles. The highest BCUT2D eigenvalue weighted by Crippen LogP contribution is 2.36. The monoisotopic (exact) mass is 583 g/mol.